The molecule has 4 heteroatoms. The van der Waals surface area contributed by atoms with Crippen molar-refractivity contribution in [3.8, 4) is 0 Å². The Balaban J connectivity index is 1.50. The Morgan fingerprint density at radius 3 is 3.10 bits per heavy atom. The lowest BCUT2D eigenvalue weighted by Crippen LogP contribution is -2.30. The third-order valence-corrected chi connectivity index (χ3v) is 5.89. The zero-order valence-electron chi connectivity index (χ0n) is 11.9. The van der Waals surface area contributed by atoms with E-state index in [1.54, 1.807) is 11.3 Å². The Hall–Kier alpha value is -0.970. The van der Waals surface area contributed by atoms with Gasteiger partial charge >= 0.3 is 0 Å². The first-order chi connectivity index (χ1) is 9.69. The lowest BCUT2D eigenvalue weighted by Gasteiger charge is -2.18. The van der Waals surface area contributed by atoms with E-state index in [0.29, 0.717) is 6.04 Å². The number of likely N-dealkylation sites (tertiary alicyclic amines) is 1. The van der Waals surface area contributed by atoms with E-state index in [9.17, 15) is 0 Å². The molecule has 3 atom stereocenters. The molecule has 0 bridgehead atoms. The van der Waals surface area contributed by atoms with E-state index in [-0.39, 0.29) is 0 Å². The van der Waals surface area contributed by atoms with Gasteiger partial charge < -0.3 is 5.73 Å². The van der Waals surface area contributed by atoms with Crippen molar-refractivity contribution in [2.24, 2.45) is 17.6 Å². The molecule has 2 aliphatic rings. The summed E-state index contributed by atoms with van der Waals surface area (Å²) in [6.45, 7) is 5.56. The molecule has 1 aromatic carbocycles. The number of aryl methyl sites for hydroxylation is 1. The summed E-state index contributed by atoms with van der Waals surface area (Å²) in [6, 6.07) is 7.15. The van der Waals surface area contributed by atoms with Crippen molar-refractivity contribution in [1.29, 1.82) is 0 Å². The first-order valence-electron chi connectivity index (χ1n) is 7.53. The maximum atomic E-state index is 6.22. The van der Waals surface area contributed by atoms with Gasteiger partial charge in [0.05, 0.1) is 15.2 Å². The van der Waals surface area contributed by atoms with E-state index in [0.717, 1.165) is 28.9 Å². The molecule has 0 radical (unpaired) electrons. The maximum absolute atomic E-state index is 6.22. The first kappa shape index (κ1) is 12.7. The Morgan fingerprint density at radius 1 is 1.35 bits per heavy atom. The number of nitrogens with two attached hydrogens (primary N) is 1. The van der Waals surface area contributed by atoms with Gasteiger partial charge in [-0.05, 0) is 49.3 Å². The summed E-state index contributed by atoms with van der Waals surface area (Å²) < 4.78 is 1.32. The third-order valence-electron chi connectivity index (χ3n) is 4.95. The molecule has 1 saturated carbocycles. The number of rotatable bonds is 2. The van der Waals surface area contributed by atoms with Gasteiger partial charge in [-0.3, -0.25) is 4.90 Å². The van der Waals surface area contributed by atoms with Crippen LogP contribution in [0.4, 0.5) is 0 Å². The Morgan fingerprint density at radius 2 is 2.25 bits per heavy atom. The van der Waals surface area contributed by atoms with Gasteiger partial charge in [0.15, 0.2) is 0 Å². The van der Waals surface area contributed by atoms with E-state index in [1.807, 2.05) is 0 Å². The molecule has 2 N–H and O–H groups in total. The summed E-state index contributed by atoms with van der Waals surface area (Å²) in [5.74, 6) is 1.59. The molecule has 2 fully saturated rings. The minimum atomic E-state index is 0.441. The Kier molecular flexibility index (Phi) is 3.05. The number of nitrogens with zero attached hydrogens (tertiary/aromatic N) is 2. The largest absolute Gasteiger partial charge is 0.327 e. The minimum absolute atomic E-state index is 0.441. The molecule has 1 saturated heterocycles. The van der Waals surface area contributed by atoms with E-state index >= 15 is 0 Å². The Labute approximate surface area is 123 Å². The number of aromatic nitrogens is 1. The third kappa shape index (κ3) is 2.16. The molecule has 0 amide bonds. The van der Waals surface area contributed by atoms with Gasteiger partial charge in [-0.1, -0.05) is 6.07 Å². The molecule has 1 aromatic heterocycles. The average molecular weight is 287 g/mol. The normalized spacial score (nSPS) is 30.2. The zero-order chi connectivity index (χ0) is 13.7. The molecule has 2 aromatic rings. The lowest BCUT2D eigenvalue weighted by molar-refractivity contribution is 0.298. The van der Waals surface area contributed by atoms with Crippen LogP contribution in [0, 0.1) is 18.8 Å². The predicted molar refractivity (Wildman–Crippen MR) is 83.8 cm³/mol. The highest BCUT2D eigenvalue weighted by Gasteiger charge is 2.40. The van der Waals surface area contributed by atoms with Crippen LogP contribution in [-0.2, 0) is 6.54 Å². The summed E-state index contributed by atoms with van der Waals surface area (Å²) >= 11 is 1.79. The monoisotopic (exact) mass is 287 g/mol. The van der Waals surface area contributed by atoms with Gasteiger partial charge in [-0.15, -0.1) is 11.3 Å². The number of thiazole rings is 1. The number of hydrogen-bond acceptors (Lipinski definition) is 4. The molecule has 3 nitrogen and oxygen atoms in total. The molecular weight excluding hydrogens is 266 g/mol. The highest BCUT2D eigenvalue weighted by molar-refractivity contribution is 7.18. The quantitative estimate of drug-likeness (QED) is 0.923. The van der Waals surface area contributed by atoms with Crippen LogP contribution in [0.25, 0.3) is 10.2 Å². The van der Waals surface area contributed by atoms with Crippen LogP contribution < -0.4 is 5.73 Å². The standard InChI is InChI=1S/C16H21N3S/c1-10-18-15-5-2-11(6-16(15)20-10)7-19-8-12-3-4-14(17)13(12)9-19/h2,5-6,12-14H,3-4,7-9,17H2,1H3. The highest BCUT2D eigenvalue weighted by atomic mass is 32.1. The minimum Gasteiger partial charge on any atom is -0.327 e. The molecule has 106 valence electrons. The van der Waals surface area contributed by atoms with Crippen molar-refractivity contribution >= 4 is 21.6 Å². The van der Waals surface area contributed by atoms with E-state index in [2.05, 4.69) is 35.0 Å². The van der Waals surface area contributed by atoms with Crippen LogP contribution in [-0.4, -0.2) is 29.0 Å². The summed E-state index contributed by atoms with van der Waals surface area (Å²) in [4.78, 5) is 7.12. The van der Waals surface area contributed by atoms with Gasteiger partial charge in [-0.25, -0.2) is 4.98 Å². The van der Waals surface area contributed by atoms with Crippen molar-refractivity contribution in [3.05, 3.63) is 28.8 Å². The number of fused-ring (bicyclic) bond motifs is 2. The molecule has 0 spiro atoms. The molecule has 2 heterocycles. The fourth-order valence-corrected chi connectivity index (χ4v) is 4.86. The van der Waals surface area contributed by atoms with Crippen LogP contribution in [0.5, 0.6) is 0 Å². The van der Waals surface area contributed by atoms with Crippen molar-refractivity contribution in [2.75, 3.05) is 13.1 Å². The zero-order valence-corrected chi connectivity index (χ0v) is 12.7. The van der Waals surface area contributed by atoms with Gasteiger partial charge in [0.25, 0.3) is 0 Å². The van der Waals surface area contributed by atoms with Crippen LogP contribution in [0.3, 0.4) is 0 Å². The molecular formula is C16H21N3S. The number of hydrogen-bond donors (Lipinski definition) is 1. The van der Waals surface area contributed by atoms with Crippen molar-refractivity contribution in [3.63, 3.8) is 0 Å². The summed E-state index contributed by atoms with van der Waals surface area (Å²) in [5, 5.41) is 1.15. The fourth-order valence-electron chi connectivity index (χ4n) is 3.97. The van der Waals surface area contributed by atoms with Gasteiger partial charge in [0.1, 0.15) is 0 Å². The second-order valence-electron chi connectivity index (χ2n) is 6.39. The average Bonchev–Trinajstić information content (AvgIpc) is 3.05. The number of benzene rings is 1. The van der Waals surface area contributed by atoms with Gasteiger partial charge in [0.2, 0.25) is 0 Å². The van der Waals surface area contributed by atoms with Crippen molar-refractivity contribution in [2.45, 2.75) is 32.4 Å². The van der Waals surface area contributed by atoms with Crippen LogP contribution >= 0.6 is 11.3 Å². The smallest absolute Gasteiger partial charge is 0.0907 e. The van der Waals surface area contributed by atoms with Crippen LogP contribution in [0.1, 0.15) is 23.4 Å². The van der Waals surface area contributed by atoms with Gasteiger partial charge in [-0.2, -0.15) is 0 Å². The SMILES string of the molecule is Cc1nc2ccc(CN3CC4CCC(N)C4C3)cc2s1. The van der Waals surface area contributed by atoms with Crippen molar-refractivity contribution < 1.29 is 0 Å². The fraction of sp³-hybridized carbons (Fsp3) is 0.562. The second-order valence-corrected chi connectivity index (χ2v) is 7.63. The summed E-state index contributed by atoms with van der Waals surface area (Å²) in [7, 11) is 0. The van der Waals surface area contributed by atoms with Crippen LogP contribution in [0.15, 0.2) is 18.2 Å². The van der Waals surface area contributed by atoms with E-state index in [4.69, 9.17) is 5.73 Å². The summed E-state index contributed by atoms with van der Waals surface area (Å²) in [5.41, 5.74) is 8.77. The summed E-state index contributed by atoms with van der Waals surface area (Å²) in [6.07, 6.45) is 2.56. The molecule has 4 rings (SSSR count). The van der Waals surface area contributed by atoms with Crippen LogP contribution in [0.2, 0.25) is 0 Å². The molecule has 1 aliphatic carbocycles. The van der Waals surface area contributed by atoms with Crippen molar-refractivity contribution in [1.82, 2.24) is 9.88 Å². The first-order valence-corrected chi connectivity index (χ1v) is 8.35. The topological polar surface area (TPSA) is 42.2 Å². The highest BCUT2D eigenvalue weighted by Crippen LogP contribution is 2.37. The molecule has 20 heavy (non-hydrogen) atoms. The van der Waals surface area contributed by atoms with Gasteiger partial charge in [0, 0.05) is 25.7 Å². The lowest BCUT2D eigenvalue weighted by atomic mass is 9.98. The van der Waals surface area contributed by atoms with E-state index in [1.165, 1.54) is 36.2 Å². The molecule has 3 unspecified atom stereocenters. The maximum Gasteiger partial charge on any atom is 0.0907 e. The molecule has 1 aliphatic heterocycles. The predicted octanol–water partition coefficient (Wildman–Crippen LogP) is 2.77. The Bertz CT molecular complexity index is 636. The second kappa shape index (κ2) is 4.79. The van der Waals surface area contributed by atoms with E-state index < -0.39 is 0 Å².